The number of aryl methyl sites for hydroxylation is 1. The van der Waals surface area contributed by atoms with E-state index in [2.05, 4.69) is 51.8 Å². The fourth-order valence-electron chi connectivity index (χ4n) is 3.58. The highest BCUT2D eigenvalue weighted by Gasteiger charge is 2.33. The lowest BCUT2D eigenvalue weighted by atomic mass is 9.84. The predicted molar refractivity (Wildman–Crippen MR) is 88.9 cm³/mol. The molecule has 110 valence electrons. The summed E-state index contributed by atoms with van der Waals surface area (Å²) >= 11 is 1.71. The third-order valence-corrected chi connectivity index (χ3v) is 5.58. The lowest BCUT2D eigenvalue weighted by Gasteiger charge is -2.45. The Morgan fingerprint density at radius 3 is 2.52 bits per heavy atom. The molecule has 2 aromatic rings. The lowest BCUT2D eigenvalue weighted by molar-refractivity contribution is 0.0975. The number of fused-ring (bicyclic) bond motifs is 3. The van der Waals surface area contributed by atoms with Gasteiger partial charge in [-0.05, 0) is 50.9 Å². The fraction of sp³-hybridized carbons (Fsp3) is 0.471. The fourth-order valence-corrected chi connectivity index (χ4v) is 4.20. The number of aromatic nitrogens is 1. The van der Waals surface area contributed by atoms with Gasteiger partial charge in [-0.1, -0.05) is 12.1 Å². The summed E-state index contributed by atoms with van der Waals surface area (Å²) in [5.74, 6) is 0.857. The van der Waals surface area contributed by atoms with Crippen molar-refractivity contribution in [2.45, 2.75) is 25.8 Å². The molecule has 3 nitrogen and oxygen atoms in total. The number of benzene rings is 1. The first-order valence-electron chi connectivity index (χ1n) is 7.79. The maximum Gasteiger partial charge on any atom is 0.0901 e. The maximum atomic E-state index is 4.55. The Bertz CT molecular complexity index is 611. The van der Waals surface area contributed by atoms with E-state index in [0.29, 0.717) is 6.04 Å². The molecular formula is C17H21N3S. The molecule has 1 N–H and O–H groups in total. The highest BCUT2D eigenvalue weighted by Crippen LogP contribution is 2.30. The molecule has 3 aliphatic heterocycles. The summed E-state index contributed by atoms with van der Waals surface area (Å²) in [7, 11) is 0. The Balaban J connectivity index is 1.47. The molecule has 1 aromatic carbocycles. The minimum atomic E-state index is 0.625. The number of nitrogens with zero attached hydrogens (tertiary/aromatic N) is 2. The Kier molecular flexibility index (Phi) is 3.43. The molecule has 0 aliphatic carbocycles. The summed E-state index contributed by atoms with van der Waals surface area (Å²) in [6.07, 6.45) is 2.71. The first-order chi connectivity index (χ1) is 10.3. The standard InChI is InChI=1S/C17H21N3S/c1-12-18-17(11-21-12)13-2-4-15(5-3-13)19-16-10-20-8-6-14(16)7-9-20/h2-5,11,14,16,19H,6-10H2,1H3/t16-/m1/s1. The molecule has 3 aliphatic rings. The zero-order chi connectivity index (χ0) is 14.2. The van der Waals surface area contributed by atoms with Gasteiger partial charge < -0.3 is 10.2 Å². The van der Waals surface area contributed by atoms with Crippen LogP contribution in [0.3, 0.4) is 0 Å². The normalized spacial score (nSPS) is 27.8. The van der Waals surface area contributed by atoms with Crippen molar-refractivity contribution in [2.24, 2.45) is 5.92 Å². The van der Waals surface area contributed by atoms with E-state index in [-0.39, 0.29) is 0 Å². The van der Waals surface area contributed by atoms with Gasteiger partial charge in [0.2, 0.25) is 0 Å². The predicted octanol–water partition coefficient (Wildman–Crippen LogP) is 3.62. The van der Waals surface area contributed by atoms with Gasteiger partial charge in [0.15, 0.2) is 0 Å². The maximum absolute atomic E-state index is 4.55. The van der Waals surface area contributed by atoms with E-state index in [4.69, 9.17) is 0 Å². The molecule has 0 saturated carbocycles. The van der Waals surface area contributed by atoms with E-state index in [9.17, 15) is 0 Å². The van der Waals surface area contributed by atoms with Crippen LogP contribution in [-0.4, -0.2) is 35.6 Å². The molecule has 1 aromatic heterocycles. The van der Waals surface area contributed by atoms with Crippen LogP contribution in [0.1, 0.15) is 17.8 Å². The van der Waals surface area contributed by atoms with Crippen molar-refractivity contribution in [3.8, 4) is 11.3 Å². The molecule has 21 heavy (non-hydrogen) atoms. The van der Waals surface area contributed by atoms with Crippen LogP contribution in [0.15, 0.2) is 29.6 Å². The second-order valence-corrected chi connectivity index (χ2v) is 7.28. The van der Waals surface area contributed by atoms with Gasteiger partial charge in [0, 0.05) is 29.2 Å². The van der Waals surface area contributed by atoms with E-state index in [0.717, 1.165) is 16.6 Å². The molecule has 0 amide bonds. The van der Waals surface area contributed by atoms with Gasteiger partial charge in [-0.2, -0.15) is 0 Å². The molecule has 0 unspecified atom stereocenters. The van der Waals surface area contributed by atoms with Gasteiger partial charge in [0.05, 0.1) is 10.7 Å². The van der Waals surface area contributed by atoms with Gasteiger partial charge >= 0.3 is 0 Å². The van der Waals surface area contributed by atoms with Gasteiger partial charge in [-0.25, -0.2) is 4.98 Å². The van der Waals surface area contributed by atoms with Gasteiger partial charge in [-0.15, -0.1) is 11.3 Å². The zero-order valence-electron chi connectivity index (χ0n) is 12.4. The minimum Gasteiger partial charge on any atom is -0.381 e. The number of hydrogen-bond donors (Lipinski definition) is 1. The van der Waals surface area contributed by atoms with Crippen molar-refractivity contribution in [1.29, 1.82) is 0 Å². The van der Waals surface area contributed by atoms with Crippen molar-refractivity contribution < 1.29 is 0 Å². The van der Waals surface area contributed by atoms with Crippen LogP contribution in [0, 0.1) is 12.8 Å². The smallest absolute Gasteiger partial charge is 0.0901 e. The molecule has 1 atom stereocenters. The van der Waals surface area contributed by atoms with E-state index >= 15 is 0 Å². The molecule has 0 spiro atoms. The monoisotopic (exact) mass is 299 g/mol. The Morgan fingerprint density at radius 2 is 1.95 bits per heavy atom. The van der Waals surface area contributed by atoms with Crippen molar-refractivity contribution in [2.75, 3.05) is 25.0 Å². The molecule has 5 rings (SSSR count). The van der Waals surface area contributed by atoms with Crippen LogP contribution < -0.4 is 5.32 Å². The van der Waals surface area contributed by atoms with Crippen molar-refractivity contribution in [1.82, 2.24) is 9.88 Å². The van der Waals surface area contributed by atoms with Crippen LogP contribution in [0.2, 0.25) is 0 Å². The quantitative estimate of drug-likeness (QED) is 0.938. The van der Waals surface area contributed by atoms with E-state index in [1.54, 1.807) is 11.3 Å². The van der Waals surface area contributed by atoms with Crippen molar-refractivity contribution >= 4 is 17.0 Å². The lowest BCUT2D eigenvalue weighted by Crippen LogP contribution is -2.53. The second-order valence-electron chi connectivity index (χ2n) is 6.22. The number of piperidine rings is 3. The summed E-state index contributed by atoms with van der Waals surface area (Å²) in [5.41, 5.74) is 3.54. The Morgan fingerprint density at radius 1 is 1.19 bits per heavy atom. The van der Waals surface area contributed by atoms with Crippen LogP contribution in [0.25, 0.3) is 11.3 Å². The molecule has 2 bridgehead atoms. The highest BCUT2D eigenvalue weighted by molar-refractivity contribution is 7.09. The first-order valence-corrected chi connectivity index (χ1v) is 8.67. The number of nitrogens with one attached hydrogen (secondary N) is 1. The summed E-state index contributed by atoms with van der Waals surface area (Å²) in [5, 5.41) is 6.99. The van der Waals surface area contributed by atoms with Gasteiger partial charge in [0.25, 0.3) is 0 Å². The van der Waals surface area contributed by atoms with E-state index < -0.39 is 0 Å². The summed E-state index contributed by atoms with van der Waals surface area (Å²) in [4.78, 5) is 7.14. The van der Waals surface area contributed by atoms with Crippen molar-refractivity contribution in [3.05, 3.63) is 34.7 Å². The zero-order valence-corrected chi connectivity index (χ0v) is 13.2. The van der Waals surface area contributed by atoms with E-state index in [1.165, 1.54) is 43.7 Å². The number of thiazole rings is 1. The van der Waals surface area contributed by atoms with Crippen LogP contribution >= 0.6 is 11.3 Å². The summed E-state index contributed by atoms with van der Waals surface area (Å²) < 4.78 is 0. The number of hydrogen-bond acceptors (Lipinski definition) is 4. The summed E-state index contributed by atoms with van der Waals surface area (Å²) in [6, 6.07) is 9.37. The van der Waals surface area contributed by atoms with Crippen LogP contribution in [-0.2, 0) is 0 Å². The Labute approximate surface area is 130 Å². The van der Waals surface area contributed by atoms with Crippen molar-refractivity contribution in [3.63, 3.8) is 0 Å². The second kappa shape index (κ2) is 5.43. The van der Waals surface area contributed by atoms with E-state index in [1.807, 2.05) is 0 Å². The third-order valence-electron chi connectivity index (χ3n) is 4.81. The molecule has 3 saturated heterocycles. The molecule has 3 fully saturated rings. The SMILES string of the molecule is Cc1nc(-c2ccc(N[C@@H]3CN4CCC3CC4)cc2)cs1. The topological polar surface area (TPSA) is 28.2 Å². The first kappa shape index (κ1) is 13.3. The average Bonchev–Trinajstić information content (AvgIpc) is 2.96. The Hall–Kier alpha value is -1.39. The number of rotatable bonds is 3. The minimum absolute atomic E-state index is 0.625. The molecule has 4 heteroatoms. The highest BCUT2D eigenvalue weighted by atomic mass is 32.1. The van der Waals surface area contributed by atoms with Gasteiger partial charge in [0.1, 0.15) is 0 Å². The van der Waals surface area contributed by atoms with Crippen LogP contribution in [0.5, 0.6) is 0 Å². The molecule has 0 radical (unpaired) electrons. The van der Waals surface area contributed by atoms with Gasteiger partial charge in [-0.3, -0.25) is 0 Å². The summed E-state index contributed by atoms with van der Waals surface area (Å²) in [6.45, 7) is 5.85. The van der Waals surface area contributed by atoms with Crippen LogP contribution in [0.4, 0.5) is 5.69 Å². The molecule has 4 heterocycles. The average molecular weight is 299 g/mol. The number of anilines is 1. The third kappa shape index (κ3) is 2.70. The largest absolute Gasteiger partial charge is 0.381 e. The molecular weight excluding hydrogens is 278 g/mol.